The van der Waals surface area contributed by atoms with Crippen molar-refractivity contribution >= 4 is 45.0 Å². The van der Waals surface area contributed by atoms with Crippen molar-refractivity contribution in [3.63, 3.8) is 0 Å². The summed E-state index contributed by atoms with van der Waals surface area (Å²) in [6, 6.07) is 21.2. The third-order valence-electron chi connectivity index (χ3n) is 5.33. The van der Waals surface area contributed by atoms with Crippen LogP contribution in [0, 0.1) is 0 Å². The molecular weight excluding hydrogens is 403 g/mol. The monoisotopic (exact) mass is 418 g/mol. The van der Waals surface area contributed by atoms with Gasteiger partial charge in [0.1, 0.15) is 0 Å². The summed E-state index contributed by atoms with van der Waals surface area (Å²) in [5.41, 5.74) is 5.00. The highest BCUT2D eigenvalue weighted by atomic mass is 35.5. The summed E-state index contributed by atoms with van der Waals surface area (Å²) in [7, 11) is 1.79. The van der Waals surface area contributed by atoms with Gasteiger partial charge >= 0.3 is 0 Å². The van der Waals surface area contributed by atoms with E-state index in [1.54, 1.807) is 11.6 Å². The molecule has 0 aliphatic carbocycles. The maximum absolute atomic E-state index is 13.6. The Balaban J connectivity index is 2.00. The lowest BCUT2D eigenvalue weighted by atomic mass is 9.92. The molecule has 0 radical (unpaired) electrons. The number of benzene rings is 3. The molecule has 3 aromatic carbocycles. The van der Waals surface area contributed by atoms with Crippen molar-refractivity contribution in [2.24, 2.45) is 7.05 Å². The van der Waals surface area contributed by atoms with Crippen LogP contribution in [0.2, 0.25) is 10.0 Å². The third-order valence-corrected chi connectivity index (χ3v) is 5.80. The Morgan fingerprint density at radius 3 is 2.34 bits per heavy atom. The van der Waals surface area contributed by atoms with E-state index in [-0.39, 0.29) is 5.56 Å². The molecule has 0 bridgehead atoms. The maximum Gasteiger partial charge on any atom is 0.259 e. The molecule has 5 heteroatoms. The molecule has 0 aliphatic rings. The SMILES string of the molecule is Cn1c(=O)c(-c2c[nH]c3cc(Cl)ccc23)c(-c2ccccc2)c2cc(Cl)ccc21. The van der Waals surface area contributed by atoms with Gasteiger partial charge in [-0.15, -0.1) is 0 Å². The Hall–Kier alpha value is -3.01. The Bertz CT molecular complexity index is 1450. The summed E-state index contributed by atoms with van der Waals surface area (Å²) in [4.78, 5) is 16.8. The number of hydrogen-bond acceptors (Lipinski definition) is 1. The van der Waals surface area contributed by atoms with Gasteiger partial charge in [0.05, 0.1) is 11.1 Å². The van der Waals surface area contributed by atoms with Gasteiger partial charge in [0.25, 0.3) is 5.56 Å². The van der Waals surface area contributed by atoms with Crippen molar-refractivity contribution in [2.75, 3.05) is 0 Å². The Morgan fingerprint density at radius 2 is 1.55 bits per heavy atom. The molecule has 5 aromatic rings. The summed E-state index contributed by atoms with van der Waals surface area (Å²) in [5.74, 6) is 0. The molecule has 0 amide bonds. The average Bonchev–Trinajstić information content (AvgIpc) is 3.13. The molecule has 0 atom stereocenters. The molecule has 29 heavy (non-hydrogen) atoms. The predicted molar refractivity (Wildman–Crippen MR) is 122 cm³/mol. The predicted octanol–water partition coefficient (Wildman–Crippen LogP) is 6.66. The molecule has 2 heterocycles. The quantitative estimate of drug-likeness (QED) is 0.341. The fraction of sp³-hybridized carbons (Fsp3) is 0.0417. The van der Waals surface area contributed by atoms with E-state index in [1.807, 2.05) is 72.9 Å². The number of nitrogens with zero attached hydrogens (tertiary/aromatic N) is 1. The molecular formula is C24H16Cl2N2O. The van der Waals surface area contributed by atoms with Crippen LogP contribution < -0.4 is 5.56 Å². The molecule has 142 valence electrons. The number of pyridine rings is 1. The number of aromatic nitrogens is 2. The van der Waals surface area contributed by atoms with Crippen molar-refractivity contribution in [3.05, 3.63) is 93.3 Å². The van der Waals surface area contributed by atoms with Crippen molar-refractivity contribution in [1.29, 1.82) is 0 Å². The molecule has 0 saturated heterocycles. The molecule has 0 spiro atoms. The van der Waals surface area contributed by atoms with Gasteiger partial charge in [-0.05, 0) is 35.9 Å². The lowest BCUT2D eigenvalue weighted by molar-refractivity contribution is 0.910. The van der Waals surface area contributed by atoms with Gasteiger partial charge in [-0.25, -0.2) is 0 Å². The second kappa shape index (κ2) is 6.80. The maximum atomic E-state index is 13.6. The largest absolute Gasteiger partial charge is 0.360 e. The summed E-state index contributed by atoms with van der Waals surface area (Å²) in [6.07, 6.45) is 1.88. The Kier molecular flexibility index (Phi) is 4.23. The van der Waals surface area contributed by atoms with Crippen molar-refractivity contribution in [2.45, 2.75) is 0 Å². The molecule has 5 rings (SSSR count). The van der Waals surface area contributed by atoms with E-state index in [0.717, 1.165) is 38.5 Å². The van der Waals surface area contributed by atoms with Crippen molar-refractivity contribution < 1.29 is 0 Å². The number of H-pyrrole nitrogens is 1. The minimum Gasteiger partial charge on any atom is -0.360 e. The van der Waals surface area contributed by atoms with E-state index in [4.69, 9.17) is 23.2 Å². The molecule has 0 unspecified atom stereocenters. The topological polar surface area (TPSA) is 37.8 Å². The number of fused-ring (bicyclic) bond motifs is 2. The van der Waals surface area contributed by atoms with Gasteiger partial charge in [-0.2, -0.15) is 0 Å². The summed E-state index contributed by atoms with van der Waals surface area (Å²) in [6.45, 7) is 0. The first-order valence-corrected chi connectivity index (χ1v) is 9.95. The average molecular weight is 419 g/mol. The van der Waals surface area contributed by atoms with Crippen LogP contribution in [0.15, 0.2) is 77.7 Å². The number of nitrogens with one attached hydrogen (secondary N) is 1. The number of hydrogen-bond donors (Lipinski definition) is 1. The highest BCUT2D eigenvalue weighted by Crippen LogP contribution is 2.39. The van der Waals surface area contributed by atoms with Crippen LogP contribution in [-0.4, -0.2) is 9.55 Å². The fourth-order valence-electron chi connectivity index (χ4n) is 3.98. The molecule has 0 aliphatic heterocycles. The van der Waals surface area contributed by atoms with Crippen LogP contribution >= 0.6 is 23.2 Å². The summed E-state index contributed by atoms with van der Waals surface area (Å²) >= 11 is 12.5. The first-order chi connectivity index (χ1) is 14.0. The standard InChI is InChI=1S/C24H16Cl2N2O/c1-28-21-10-8-15(25)11-18(21)22(14-5-3-2-4-6-14)23(24(28)29)19-13-27-20-12-16(26)7-9-17(19)20/h2-13,27H,1H3. The van der Waals surface area contributed by atoms with Gasteiger partial charge in [0.15, 0.2) is 0 Å². The normalized spacial score (nSPS) is 11.4. The minimum absolute atomic E-state index is 0.0606. The fourth-order valence-corrected chi connectivity index (χ4v) is 4.32. The van der Waals surface area contributed by atoms with E-state index in [9.17, 15) is 4.79 Å². The Labute approximate surface area is 177 Å². The van der Waals surface area contributed by atoms with Crippen LogP contribution in [0.4, 0.5) is 0 Å². The van der Waals surface area contributed by atoms with Gasteiger partial charge in [0.2, 0.25) is 0 Å². The zero-order valence-electron chi connectivity index (χ0n) is 15.5. The van der Waals surface area contributed by atoms with E-state index in [1.165, 1.54) is 0 Å². The van der Waals surface area contributed by atoms with E-state index in [0.29, 0.717) is 15.6 Å². The zero-order valence-corrected chi connectivity index (χ0v) is 17.1. The van der Waals surface area contributed by atoms with E-state index in [2.05, 4.69) is 4.98 Å². The molecule has 2 aromatic heterocycles. The van der Waals surface area contributed by atoms with Crippen LogP contribution in [0.25, 0.3) is 44.1 Å². The van der Waals surface area contributed by atoms with E-state index < -0.39 is 0 Å². The second-order valence-electron chi connectivity index (χ2n) is 7.03. The zero-order chi connectivity index (χ0) is 20.1. The lowest BCUT2D eigenvalue weighted by Gasteiger charge is -2.16. The highest BCUT2D eigenvalue weighted by Gasteiger charge is 2.21. The van der Waals surface area contributed by atoms with Crippen LogP contribution in [0.1, 0.15) is 0 Å². The molecule has 0 saturated carbocycles. The summed E-state index contributed by atoms with van der Waals surface area (Å²) < 4.78 is 1.68. The Morgan fingerprint density at radius 1 is 0.828 bits per heavy atom. The molecule has 3 nitrogen and oxygen atoms in total. The van der Waals surface area contributed by atoms with Crippen LogP contribution in [0.5, 0.6) is 0 Å². The number of aryl methyl sites for hydroxylation is 1. The third kappa shape index (κ3) is 2.86. The second-order valence-corrected chi connectivity index (χ2v) is 7.91. The first kappa shape index (κ1) is 18.0. The minimum atomic E-state index is -0.0606. The number of halogens is 2. The van der Waals surface area contributed by atoms with Gasteiger partial charge in [-0.1, -0.05) is 59.6 Å². The van der Waals surface area contributed by atoms with E-state index >= 15 is 0 Å². The molecule has 0 fully saturated rings. The molecule has 1 N–H and O–H groups in total. The van der Waals surface area contributed by atoms with Crippen molar-refractivity contribution in [3.8, 4) is 22.3 Å². The highest BCUT2D eigenvalue weighted by molar-refractivity contribution is 6.32. The lowest BCUT2D eigenvalue weighted by Crippen LogP contribution is -2.20. The van der Waals surface area contributed by atoms with Crippen molar-refractivity contribution in [1.82, 2.24) is 9.55 Å². The number of rotatable bonds is 2. The van der Waals surface area contributed by atoms with Gasteiger partial charge in [0, 0.05) is 50.7 Å². The first-order valence-electron chi connectivity index (χ1n) is 9.19. The smallest absolute Gasteiger partial charge is 0.259 e. The number of aromatic amines is 1. The van der Waals surface area contributed by atoms with Crippen LogP contribution in [-0.2, 0) is 7.05 Å². The summed E-state index contributed by atoms with van der Waals surface area (Å²) in [5, 5.41) is 3.16. The van der Waals surface area contributed by atoms with Crippen LogP contribution in [0.3, 0.4) is 0 Å². The van der Waals surface area contributed by atoms with Gasteiger partial charge < -0.3 is 9.55 Å². The van der Waals surface area contributed by atoms with Gasteiger partial charge in [-0.3, -0.25) is 4.79 Å².